The van der Waals surface area contributed by atoms with E-state index in [2.05, 4.69) is 0 Å². The van der Waals surface area contributed by atoms with Crippen molar-refractivity contribution < 1.29 is 0 Å². The smallest absolute Gasteiger partial charge is 0.0352 e. The van der Waals surface area contributed by atoms with Gasteiger partial charge in [0.2, 0.25) is 0 Å². The summed E-state index contributed by atoms with van der Waals surface area (Å²) in [6, 6.07) is 8.25. The van der Waals surface area contributed by atoms with Crippen LogP contribution >= 0.6 is 0 Å². The Morgan fingerprint density at radius 3 is 1.92 bits per heavy atom. The SMILES string of the molecule is C[C@H](N)c1ccc(C(C)(C)N)cc1. The molecule has 4 N–H and O–H groups in total. The van der Waals surface area contributed by atoms with E-state index < -0.39 is 0 Å². The third-order valence-electron chi connectivity index (χ3n) is 2.18. The summed E-state index contributed by atoms with van der Waals surface area (Å²) in [6.45, 7) is 5.96. The molecule has 0 aliphatic carbocycles. The van der Waals surface area contributed by atoms with Crippen molar-refractivity contribution in [2.45, 2.75) is 32.4 Å². The van der Waals surface area contributed by atoms with Gasteiger partial charge in [-0.25, -0.2) is 0 Å². The molecular weight excluding hydrogens is 160 g/mol. The Morgan fingerprint density at radius 1 is 1.15 bits per heavy atom. The highest BCUT2D eigenvalue weighted by atomic mass is 14.7. The van der Waals surface area contributed by atoms with E-state index in [1.165, 1.54) is 0 Å². The van der Waals surface area contributed by atoms with E-state index in [9.17, 15) is 0 Å². The van der Waals surface area contributed by atoms with Gasteiger partial charge in [0.15, 0.2) is 0 Å². The Labute approximate surface area is 79.9 Å². The Bertz CT molecular complexity index is 267. The predicted molar refractivity (Wildman–Crippen MR) is 56.3 cm³/mol. The summed E-state index contributed by atoms with van der Waals surface area (Å²) in [4.78, 5) is 0. The van der Waals surface area contributed by atoms with Crippen molar-refractivity contribution in [3.63, 3.8) is 0 Å². The van der Waals surface area contributed by atoms with E-state index in [1.54, 1.807) is 0 Å². The fraction of sp³-hybridized carbons (Fsp3) is 0.455. The van der Waals surface area contributed by atoms with Gasteiger partial charge < -0.3 is 11.5 Å². The number of nitrogens with two attached hydrogens (primary N) is 2. The molecule has 0 aliphatic heterocycles. The quantitative estimate of drug-likeness (QED) is 0.726. The van der Waals surface area contributed by atoms with E-state index in [0.717, 1.165) is 11.1 Å². The Hall–Kier alpha value is -0.860. The second kappa shape index (κ2) is 3.48. The van der Waals surface area contributed by atoms with Crippen molar-refractivity contribution in [1.29, 1.82) is 0 Å². The molecule has 0 unspecified atom stereocenters. The second-order valence-corrected chi connectivity index (χ2v) is 4.13. The van der Waals surface area contributed by atoms with Gasteiger partial charge in [-0.05, 0) is 31.9 Å². The average Bonchev–Trinajstić information content (AvgIpc) is 2.03. The first-order chi connectivity index (χ1) is 5.91. The van der Waals surface area contributed by atoms with Crippen LogP contribution in [0, 0.1) is 0 Å². The van der Waals surface area contributed by atoms with Crippen LogP contribution in [0.1, 0.15) is 37.9 Å². The predicted octanol–water partition coefficient (Wildman–Crippen LogP) is 1.90. The lowest BCUT2D eigenvalue weighted by atomic mass is 9.94. The van der Waals surface area contributed by atoms with E-state index in [1.807, 2.05) is 45.0 Å². The zero-order valence-electron chi connectivity index (χ0n) is 8.54. The standard InChI is InChI=1S/C11H18N2/c1-8(12)9-4-6-10(7-5-9)11(2,3)13/h4-8H,12-13H2,1-3H3/t8-/m0/s1. The molecule has 0 spiro atoms. The van der Waals surface area contributed by atoms with E-state index in [-0.39, 0.29) is 11.6 Å². The molecular formula is C11H18N2. The van der Waals surface area contributed by atoms with Gasteiger partial charge in [-0.15, -0.1) is 0 Å². The minimum absolute atomic E-state index is 0.0925. The van der Waals surface area contributed by atoms with E-state index in [0.29, 0.717) is 0 Å². The molecule has 1 aromatic carbocycles. The summed E-state index contributed by atoms with van der Waals surface area (Å²) in [5.41, 5.74) is 13.7. The minimum atomic E-state index is -0.267. The first-order valence-corrected chi connectivity index (χ1v) is 4.56. The highest BCUT2D eigenvalue weighted by Gasteiger charge is 2.13. The van der Waals surface area contributed by atoms with Crippen LogP contribution in [-0.4, -0.2) is 0 Å². The lowest BCUT2D eigenvalue weighted by molar-refractivity contribution is 0.554. The third-order valence-corrected chi connectivity index (χ3v) is 2.18. The maximum Gasteiger partial charge on any atom is 0.0352 e. The first kappa shape index (κ1) is 10.2. The molecule has 0 fully saturated rings. The summed E-state index contributed by atoms with van der Waals surface area (Å²) < 4.78 is 0. The molecule has 0 heterocycles. The summed E-state index contributed by atoms with van der Waals surface area (Å²) in [5, 5.41) is 0. The van der Waals surface area contributed by atoms with Crippen molar-refractivity contribution >= 4 is 0 Å². The zero-order valence-corrected chi connectivity index (χ0v) is 8.54. The van der Waals surface area contributed by atoms with Gasteiger partial charge in [-0.1, -0.05) is 24.3 Å². The van der Waals surface area contributed by atoms with E-state index in [4.69, 9.17) is 11.5 Å². The summed E-state index contributed by atoms with van der Waals surface area (Å²) in [7, 11) is 0. The molecule has 2 nitrogen and oxygen atoms in total. The summed E-state index contributed by atoms with van der Waals surface area (Å²) in [5.74, 6) is 0. The van der Waals surface area contributed by atoms with Gasteiger partial charge in [-0.3, -0.25) is 0 Å². The Balaban J connectivity index is 2.94. The Kier molecular flexibility index (Phi) is 2.74. The number of hydrogen-bond donors (Lipinski definition) is 2. The number of benzene rings is 1. The minimum Gasteiger partial charge on any atom is -0.324 e. The molecule has 0 saturated heterocycles. The average molecular weight is 178 g/mol. The first-order valence-electron chi connectivity index (χ1n) is 4.56. The molecule has 1 atom stereocenters. The molecule has 0 radical (unpaired) electrons. The van der Waals surface area contributed by atoms with Crippen molar-refractivity contribution in [1.82, 2.24) is 0 Å². The van der Waals surface area contributed by atoms with Crippen molar-refractivity contribution in [3.05, 3.63) is 35.4 Å². The molecule has 0 aromatic heterocycles. The molecule has 0 amide bonds. The van der Waals surface area contributed by atoms with Crippen LogP contribution in [0.3, 0.4) is 0 Å². The molecule has 0 bridgehead atoms. The van der Waals surface area contributed by atoms with Gasteiger partial charge in [0.1, 0.15) is 0 Å². The lowest BCUT2D eigenvalue weighted by Gasteiger charge is -2.19. The normalized spacial score (nSPS) is 14.2. The zero-order chi connectivity index (χ0) is 10.1. The second-order valence-electron chi connectivity index (χ2n) is 4.13. The van der Waals surface area contributed by atoms with Crippen LogP contribution < -0.4 is 11.5 Å². The van der Waals surface area contributed by atoms with Crippen molar-refractivity contribution in [2.24, 2.45) is 11.5 Å². The summed E-state index contributed by atoms with van der Waals surface area (Å²) >= 11 is 0. The van der Waals surface area contributed by atoms with Gasteiger partial charge >= 0.3 is 0 Å². The van der Waals surface area contributed by atoms with Crippen LogP contribution in [-0.2, 0) is 5.54 Å². The maximum absolute atomic E-state index is 5.95. The van der Waals surface area contributed by atoms with Crippen LogP contribution in [0.25, 0.3) is 0 Å². The topological polar surface area (TPSA) is 52.0 Å². The van der Waals surface area contributed by atoms with Gasteiger partial charge in [0, 0.05) is 11.6 Å². The number of hydrogen-bond acceptors (Lipinski definition) is 2. The van der Waals surface area contributed by atoms with Crippen molar-refractivity contribution in [3.8, 4) is 0 Å². The van der Waals surface area contributed by atoms with Crippen LogP contribution in [0.15, 0.2) is 24.3 Å². The summed E-state index contributed by atoms with van der Waals surface area (Å²) in [6.07, 6.45) is 0. The molecule has 1 rings (SSSR count). The number of rotatable bonds is 2. The molecule has 1 aromatic rings. The van der Waals surface area contributed by atoms with Crippen LogP contribution in [0.4, 0.5) is 0 Å². The highest BCUT2D eigenvalue weighted by Crippen LogP contribution is 2.18. The fourth-order valence-electron chi connectivity index (χ4n) is 1.22. The molecule has 0 saturated carbocycles. The van der Waals surface area contributed by atoms with Crippen LogP contribution in [0.5, 0.6) is 0 Å². The maximum atomic E-state index is 5.95. The molecule has 13 heavy (non-hydrogen) atoms. The van der Waals surface area contributed by atoms with Crippen LogP contribution in [0.2, 0.25) is 0 Å². The van der Waals surface area contributed by atoms with Gasteiger partial charge in [-0.2, -0.15) is 0 Å². The molecule has 0 aliphatic rings. The van der Waals surface area contributed by atoms with Crippen molar-refractivity contribution in [2.75, 3.05) is 0 Å². The van der Waals surface area contributed by atoms with Gasteiger partial charge in [0.05, 0.1) is 0 Å². The largest absolute Gasteiger partial charge is 0.324 e. The third kappa shape index (κ3) is 2.54. The van der Waals surface area contributed by atoms with Gasteiger partial charge in [0.25, 0.3) is 0 Å². The monoisotopic (exact) mass is 178 g/mol. The molecule has 2 heteroatoms. The highest BCUT2D eigenvalue weighted by molar-refractivity contribution is 5.28. The fourth-order valence-corrected chi connectivity index (χ4v) is 1.22. The van der Waals surface area contributed by atoms with E-state index >= 15 is 0 Å². The lowest BCUT2D eigenvalue weighted by Crippen LogP contribution is -2.28. The Morgan fingerprint density at radius 2 is 1.62 bits per heavy atom. The molecule has 72 valence electrons.